The SMILES string of the molecule is CCCCCCCCOCCOC(=O)C1=C(C)NC(C)=C(C(=O)OC(C)C)C1c1cccc([N+](=O)[O-])c1. The number of allylic oxidation sites excluding steroid dienone is 2. The van der Waals surface area contributed by atoms with Crippen LogP contribution in [0.25, 0.3) is 0 Å². The van der Waals surface area contributed by atoms with Crippen molar-refractivity contribution in [2.75, 3.05) is 19.8 Å². The lowest BCUT2D eigenvalue weighted by atomic mass is 9.80. The van der Waals surface area contributed by atoms with Crippen molar-refractivity contribution in [3.05, 3.63) is 62.5 Å². The third-order valence-electron chi connectivity index (χ3n) is 6.06. The zero-order valence-corrected chi connectivity index (χ0v) is 22.6. The highest BCUT2D eigenvalue weighted by Crippen LogP contribution is 2.40. The molecular weight excluding hydrogens is 476 g/mol. The third kappa shape index (κ3) is 9.00. The summed E-state index contributed by atoms with van der Waals surface area (Å²) in [4.78, 5) is 37.3. The maximum Gasteiger partial charge on any atom is 0.337 e. The molecule has 0 aromatic heterocycles. The van der Waals surface area contributed by atoms with Gasteiger partial charge in [-0.2, -0.15) is 0 Å². The van der Waals surface area contributed by atoms with Crippen molar-refractivity contribution in [2.24, 2.45) is 0 Å². The summed E-state index contributed by atoms with van der Waals surface area (Å²) in [5.74, 6) is -2.10. The Kier molecular flexibility index (Phi) is 12.3. The number of carbonyl (C=O) groups excluding carboxylic acids is 2. The van der Waals surface area contributed by atoms with Crippen LogP contribution in [0.2, 0.25) is 0 Å². The van der Waals surface area contributed by atoms with E-state index in [0.29, 0.717) is 23.6 Å². The number of carbonyl (C=O) groups is 2. The highest BCUT2D eigenvalue weighted by molar-refractivity contribution is 6.00. The van der Waals surface area contributed by atoms with E-state index in [1.54, 1.807) is 33.8 Å². The standard InChI is InChI=1S/C28H40N2O7/c1-6-7-8-9-10-11-15-35-16-17-36-27(31)24-20(4)29-21(5)25(28(32)37-19(2)3)26(24)22-13-12-14-23(18-22)30(33)34/h12-14,18-19,26,29H,6-11,15-17H2,1-5H3. The number of nitrogens with zero attached hydrogens (tertiary/aromatic N) is 1. The molecule has 0 aliphatic carbocycles. The highest BCUT2D eigenvalue weighted by Gasteiger charge is 2.38. The Morgan fingerprint density at radius 3 is 2.27 bits per heavy atom. The quantitative estimate of drug-likeness (QED) is 0.136. The van der Waals surface area contributed by atoms with Gasteiger partial charge < -0.3 is 19.5 Å². The maximum absolute atomic E-state index is 13.3. The average Bonchev–Trinajstić information content (AvgIpc) is 2.84. The molecule has 0 radical (unpaired) electrons. The molecule has 1 aromatic rings. The van der Waals surface area contributed by atoms with Crippen molar-refractivity contribution in [1.29, 1.82) is 0 Å². The predicted octanol–water partition coefficient (Wildman–Crippen LogP) is 5.70. The van der Waals surface area contributed by atoms with Gasteiger partial charge in [0.15, 0.2) is 0 Å². The first-order chi connectivity index (χ1) is 17.7. The van der Waals surface area contributed by atoms with Gasteiger partial charge in [0.25, 0.3) is 5.69 Å². The minimum atomic E-state index is -0.885. The van der Waals surface area contributed by atoms with E-state index < -0.39 is 22.8 Å². The van der Waals surface area contributed by atoms with Crippen LogP contribution in [0, 0.1) is 10.1 Å². The van der Waals surface area contributed by atoms with Crippen LogP contribution in [0.15, 0.2) is 46.8 Å². The second-order valence-electron chi connectivity index (χ2n) is 9.46. The van der Waals surface area contributed by atoms with Crippen LogP contribution in [0.3, 0.4) is 0 Å². The molecule has 1 aliphatic rings. The van der Waals surface area contributed by atoms with Gasteiger partial charge in [-0.25, -0.2) is 9.59 Å². The Morgan fingerprint density at radius 1 is 0.973 bits per heavy atom. The molecule has 1 atom stereocenters. The smallest absolute Gasteiger partial charge is 0.337 e. The van der Waals surface area contributed by atoms with E-state index in [-0.39, 0.29) is 36.2 Å². The van der Waals surface area contributed by atoms with Gasteiger partial charge in [0.2, 0.25) is 0 Å². The van der Waals surface area contributed by atoms with E-state index >= 15 is 0 Å². The molecule has 0 fully saturated rings. The summed E-state index contributed by atoms with van der Waals surface area (Å²) in [5.41, 5.74) is 1.73. The number of esters is 2. The number of benzene rings is 1. The Labute approximate surface area is 219 Å². The lowest BCUT2D eigenvalue weighted by Gasteiger charge is -2.30. The van der Waals surface area contributed by atoms with E-state index in [9.17, 15) is 19.7 Å². The summed E-state index contributed by atoms with van der Waals surface area (Å²) in [5, 5.41) is 14.5. The fourth-order valence-electron chi connectivity index (χ4n) is 4.32. The molecule has 0 amide bonds. The van der Waals surface area contributed by atoms with Crippen LogP contribution >= 0.6 is 0 Å². The summed E-state index contributed by atoms with van der Waals surface area (Å²) in [7, 11) is 0. The molecular formula is C28H40N2O7. The van der Waals surface area contributed by atoms with Crippen LogP contribution in [-0.2, 0) is 23.8 Å². The number of nitro benzene ring substituents is 1. The molecule has 1 unspecified atom stereocenters. The van der Waals surface area contributed by atoms with Gasteiger partial charge in [-0.15, -0.1) is 0 Å². The van der Waals surface area contributed by atoms with Crippen LogP contribution < -0.4 is 5.32 Å². The van der Waals surface area contributed by atoms with E-state index in [0.717, 1.165) is 12.8 Å². The molecule has 204 valence electrons. The second kappa shape index (κ2) is 15.1. The van der Waals surface area contributed by atoms with Crippen LogP contribution in [0.1, 0.15) is 84.6 Å². The summed E-state index contributed by atoms with van der Waals surface area (Å²) in [6, 6.07) is 5.92. The van der Waals surface area contributed by atoms with Crippen LogP contribution in [0.5, 0.6) is 0 Å². The molecule has 9 nitrogen and oxygen atoms in total. The van der Waals surface area contributed by atoms with E-state index in [4.69, 9.17) is 14.2 Å². The van der Waals surface area contributed by atoms with Gasteiger partial charge in [-0.1, -0.05) is 51.2 Å². The molecule has 0 bridgehead atoms. The minimum Gasteiger partial charge on any atom is -0.460 e. The van der Waals surface area contributed by atoms with E-state index in [2.05, 4.69) is 12.2 Å². The third-order valence-corrected chi connectivity index (χ3v) is 6.06. The fourth-order valence-corrected chi connectivity index (χ4v) is 4.32. The largest absolute Gasteiger partial charge is 0.460 e. The van der Waals surface area contributed by atoms with Crippen molar-refractivity contribution < 1.29 is 28.7 Å². The molecule has 0 saturated carbocycles. The van der Waals surface area contributed by atoms with Gasteiger partial charge in [0.05, 0.1) is 34.7 Å². The van der Waals surface area contributed by atoms with E-state index in [1.165, 1.54) is 43.9 Å². The van der Waals surface area contributed by atoms with Crippen molar-refractivity contribution >= 4 is 17.6 Å². The number of rotatable bonds is 15. The predicted molar refractivity (Wildman–Crippen MR) is 141 cm³/mol. The Balaban J connectivity index is 2.17. The number of non-ortho nitro benzene ring substituents is 1. The lowest BCUT2D eigenvalue weighted by molar-refractivity contribution is -0.384. The monoisotopic (exact) mass is 516 g/mol. The summed E-state index contributed by atoms with van der Waals surface area (Å²) in [6.07, 6.45) is 6.60. The first kappa shape index (κ1) is 30.0. The number of unbranched alkanes of at least 4 members (excludes halogenated alkanes) is 5. The van der Waals surface area contributed by atoms with Crippen molar-refractivity contribution in [3.8, 4) is 0 Å². The molecule has 1 N–H and O–H groups in total. The molecule has 9 heteroatoms. The molecule has 37 heavy (non-hydrogen) atoms. The van der Waals surface area contributed by atoms with Crippen LogP contribution in [-0.4, -0.2) is 42.8 Å². The molecule has 0 spiro atoms. The highest BCUT2D eigenvalue weighted by atomic mass is 16.6. The Hall–Kier alpha value is -3.20. The molecule has 1 aromatic carbocycles. The first-order valence-electron chi connectivity index (χ1n) is 13.1. The van der Waals surface area contributed by atoms with Crippen molar-refractivity contribution in [3.63, 3.8) is 0 Å². The van der Waals surface area contributed by atoms with Gasteiger partial charge in [0, 0.05) is 30.1 Å². The lowest BCUT2D eigenvalue weighted by Crippen LogP contribution is -2.33. The van der Waals surface area contributed by atoms with Gasteiger partial charge in [-0.3, -0.25) is 10.1 Å². The second-order valence-corrected chi connectivity index (χ2v) is 9.46. The van der Waals surface area contributed by atoms with Crippen molar-refractivity contribution in [2.45, 2.75) is 85.2 Å². The number of ether oxygens (including phenoxy) is 3. The number of dihydropyridines is 1. The molecule has 2 rings (SSSR count). The molecule has 1 aliphatic heterocycles. The molecule has 0 saturated heterocycles. The summed E-state index contributed by atoms with van der Waals surface area (Å²) >= 11 is 0. The summed E-state index contributed by atoms with van der Waals surface area (Å²) in [6.45, 7) is 10.00. The number of nitro groups is 1. The zero-order chi connectivity index (χ0) is 27.4. The normalized spacial score (nSPS) is 15.6. The Bertz CT molecular complexity index is 1010. The Morgan fingerprint density at radius 2 is 1.62 bits per heavy atom. The van der Waals surface area contributed by atoms with Gasteiger partial charge in [0.1, 0.15) is 6.61 Å². The first-order valence-corrected chi connectivity index (χ1v) is 13.1. The summed E-state index contributed by atoms with van der Waals surface area (Å²) < 4.78 is 16.6. The number of hydrogen-bond acceptors (Lipinski definition) is 8. The molecule has 1 heterocycles. The maximum atomic E-state index is 13.3. The number of hydrogen-bond donors (Lipinski definition) is 1. The number of nitrogens with one attached hydrogen (secondary N) is 1. The topological polar surface area (TPSA) is 117 Å². The zero-order valence-electron chi connectivity index (χ0n) is 22.6. The van der Waals surface area contributed by atoms with Crippen molar-refractivity contribution in [1.82, 2.24) is 5.32 Å². The van der Waals surface area contributed by atoms with Crippen LogP contribution in [0.4, 0.5) is 5.69 Å². The fraction of sp³-hybridized carbons (Fsp3) is 0.571. The van der Waals surface area contributed by atoms with Gasteiger partial charge in [-0.05, 0) is 39.7 Å². The minimum absolute atomic E-state index is 0.0571. The average molecular weight is 517 g/mol. The van der Waals surface area contributed by atoms with Gasteiger partial charge >= 0.3 is 11.9 Å². The van der Waals surface area contributed by atoms with E-state index in [1.807, 2.05) is 0 Å².